The summed E-state index contributed by atoms with van der Waals surface area (Å²) in [4.78, 5) is 4.16. The van der Waals surface area contributed by atoms with Crippen molar-refractivity contribution in [1.29, 1.82) is 0 Å². The Morgan fingerprint density at radius 1 is 1.39 bits per heavy atom. The third-order valence-electron chi connectivity index (χ3n) is 2.63. The number of halogens is 3. The monoisotopic (exact) mass is 293 g/mol. The molecule has 1 aliphatic rings. The first-order chi connectivity index (χ1) is 8.05. The zero-order chi connectivity index (χ0) is 12.5. The normalized spacial score (nSPS) is 23.1. The number of anilines is 1. The number of alkyl halides is 1. The molecule has 0 amide bonds. The lowest BCUT2D eigenvalue weighted by atomic mass is 9.91. The third-order valence-corrected chi connectivity index (χ3v) is 2.85. The number of hydrogen-bond acceptors (Lipinski definition) is 4. The Labute approximate surface area is 116 Å². The Bertz CT molecular complexity index is 449. The van der Waals surface area contributed by atoms with Gasteiger partial charge in [-0.2, -0.15) is 0 Å². The number of nitrogen functional groups attached to an aromatic ring is 1. The molecule has 1 atom stereocenters. The van der Waals surface area contributed by atoms with Crippen LogP contribution in [0.25, 0.3) is 0 Å². The van der Waals surface area contributed by atoms with Gasteiger partial charge in [0.15, 0.2) is 0 Å². The van der Waals surface area contributed by atoms with Crippen LogP contribution in [0.5, 0.6) is 0 Å². The maximum atomic E-state index is 13.3. The zero-order valence-electron chi connectivity index (χ0n) is 9.53. The fourth-order valence-corrected chi connectivity index (χ4v) is 2.08. The maximum Gasteiger partial charge on any atom is 0.139 e. The highest BCUT2D eigenvalue weighted by atomic mass is 35.5. The Morgan fingerprint density at radius 2 is 2.11 bits per heavy atom. The van der Waals surface area contributed by atoms with Crippen molar-refractivity contribution >= 4 is 35.5 Å². The molecule has 0 saturated heterocycles. The van der Waals surface area contributed by atoms with Crippen molar-refractivity contribution < 1.29 is 9.13 Å². The van der Waals surface area contributed by atoms with Crippen LogP contribution in [0.1, 0.15) is 5.56 Å². The predicted octanol–water partition coefficient (Wildman–Crippen LogP) is 1.90. The van der Waals surface area contributed by atoms with E-state index in [4.69, 9.17) is 27.8 Å². The molecule has 0 bridgehead atoms. The fraction of sp³-hybridized carbons (Fsp3) is 0.364. The van der Waals surface area contributed by atoms with Gasteiger partial charge < -0.3 is 16.2 Å². The topological polar surface area (TPSA) is 73.6 Å². The van der Waals surface area contributed by atoms with Crippen molar-refractivity contribution in [2.24, 2.45) is 10.7 Å². The molecule has 1 unspecified atom stereocenters. The second-order valence-electron chi connectivity index (χ2n) is 4.03. The van der Waals surface area contributed by atoms with E-state index in [0.29, 0.717) is 16.3 Å². The van der Waals surface area contributed by atoms with E-state index in [2.05, 4.69) is 4.99 Å². The number of nitrogens with two attached hydrogens (primary N) is 2. The van der Waals surface area contributed by atoms with Crippen LogP contribution in [0.15, 0.2) is 23.2 Å². The van der Waals surface area contributed by atoms with Crippen LogP contribution in [0, 0.1) is 0 Å². The molecule has 4 nitrogen and oxygen atoms in total. The van der Waals surface area contributed by atoms with Crippen LogP contribution in [-0.2, 0) is 10.3 Å². The second-order valence-corrected chi connectivity index (χ2v) is 4.47. The van der Waals surface area contributed by atoms with Crippen LogP contribution < -0.4 is 11.5 Å². The molecule has 0 aromatic heterocycles. The smallest absolute Gasteiger partial charge is 0.139 e. The van der Waals surface area contributed by atoms with E-state index in [1.54, 1.807) is 18.2 Å². The van der Waals surface area contributed by atoms with E-state index in [1.807, 2.05) is 0 Å². The van der Waals surface area contributed by atoms with Gasteiger partial charge in [-0.25, -0.2) is 4.39 Å². The third kappa shape index (κ3) is 2.85. The SMILES string of the molecule is Cl.NC1=NC(CF)(c2cc(N)cc(Cl)c2)COC1. The summed E-state index contributed by atoms with van der Waals surface area (Å²) >= 11 is 5.90. The van der Waals surface area contributed by atoms with Crippen molar-refractivity contribution in [3.63, 3.8) is 0 Å². The fourth-order valence-electron chi connectivity index (χ4n) is 1.84. The van der Waals surface area contributed by atoms with Gasteiger partial charge in [0, 0.05) is 10.7 Å². The molecule has 7 heteroatoms. The number of amidine groups is 1. The molecular formula is C11H14Cl2FN3O. The van der Waals surface area contributed by atoms with Crippen LogP contribution in [0.4, 0.5) is 10.1 Å². The number of benzene rings is 1. The Hall–Kier alpha value is -1.04. The van der Waals surface area contributed by atoms with Gasteiger partial charge in [0.05, 0.1) is 6.61 Å². The lowest BCUT2D eigenvalue weighted by molar-refractivity contribution is 0.0828. The van der Waals surface area contributed by atoms with Crippen molar-refractivity contribution in [3.05, 3.63) is 28.8 Å². The molecule has 0 aliphatic carbocycles. The van der Waals surface area contributed by atoms with Gasteiger partial charge in [-0.3, -0.25) is 4.99 Å². The number of rotatable bonds is 2. The highest BCUT2D eigenvalue weighted by Gasteiger charge is 2.36. The molecule has 100 valence electrons. The molecule has 0 radical (unpaired) electrons. The van der Waals surface area contributed by atoms with E-state index in [1.165, 1.54) is 0 Å². The van der Waals surface area contributed by atoms with E-state index >= 15 is 0 Å². The van der Waals surface area contributed by atoms with Crippen molar-refractivity contribution in [2.75, 3.05) is 25.6 Å². The molecule has 1 aromatic rings. The molecule has 18 heavy (non-hydrogen) atoms. The van der Waals surface area contributed by atoms with Gasteiger partial charge in [0.2, 0.25) is 0 Å². The van der Waals surface area contributed by atoms with Crippen LogP contribution in [0.3, 0.4) is 0 Å². The van der Waals surface area contributed by atoms with Gasteiger partial charge in [-0.1, -0.05) is 11.6 Å². The number of nitrogens with zero attached hydrogens (tertiary/aromatic N) is 1. The van der Waals surface area contributed by atoms with Crippen molar-refractivity contribution in [3.8, 4) is 0 Å². The average Bonchev–Trinajstić information content (AvgIpc) is 2.27. The van der Waals surface area contributed by atoms with Gasteiger partial charge in [0.25, 0.3) is 0 Å². The molecule has 1 aliphatic heterocycles. The first kappa shape index (κ1) is 15.0. The Balaban J connectivity index is 0.00000162. The summed E-state index contributed by atoms with van der Waals surface area (Å²) in [6.07, 6.45) is 0. The van der Waals surface area contributed by atoms with Crippen LogP contribution >= 0.6 is 24.0 Å². The molecule has 4 N–H and O–H groups in total. The minimum Gasteiger partial charge on any atom is -0.399 e. The summed E-state index contributed by atoms with van der Waals surface area (Å²) in [6.45, 7) is -0.366. The van der Waals surface area contributed by atoms with Gasteiger partial charge in [0.1, 0.15) is 24.7 Å². The number of aliphatic imine (C=N–C) groups is 1. The molecule has 1 aromatic carbocycles. The summed E-state index contributed by atoms with van der Waals surface area (Å²) in [6, 6.07) is 4.85. The number of hydrogen-bond donors (Lipinski definition) is 2. The molecular weight excluding hydrogens is 280 g/mol. The lowest BCUT2D eigenvalue weighted by Crippen LogP contribution is -2.41. The maximum absolute atomic E-state index is 13.3. The van der Waals surface area contributed by atoms with E-state index in [0.717, 1.165) is 0 Å². The summed E-state index contributed by atoms with van der Waals surface area (Å²) in [7, 11) is 0. The highest BCUT2D eigenvalue weighted by molar-refractivity contribution is 6.30. The summed E-state index contributed by atoms with van der Waals surface area (Å²) in [5.41, 5.74) is 11.2. The minimum absolute atomic E-state index is 0. The van der Waals surface area contributed by atoms with E-state index in [-0.39, 0.29) is 31.5 Å². The first-order valence-electron chi connectivity index (χ1n) is 5.10. The largest absolute Gasteiger partial charge is 0.399 e. The molecule has 0 fully saturated rings. The molecule has 1 heterocycles. The van der Waals surface area contributed by atoms with Gasteiger partial charge >= 0.3 is 0 Å². The molecule has 0 spiro atoms. The lowest BCUT2D eigenvalue weighted by Gasteiger charge is -2.31. The summed E-state index contributed by atoms with van der Waals surface area (Å²) in [5.74, 6) is 0.271. The predicted molar refractivity (Wildman–Crippen MR) is 73.2 cm³/mol. The highest BCUT2D eigenvalue weighted by Crippen LogP contribution is 2.32. The van der Waals surface area contributed by atoms with Crippen molar-refractivity contribution in [2.45, 2.75) is 5.54 Å². The summed E-state index contributed by atoms with van der Waals surface area (Å²) < 4.78 is 18.6. The standard InChI is InChI=1S/C11H13ClFN3O.ClH/c12-8-1-7(2-9(14)3-8)11(5-13)6-17-4-10(15)16-11;/h1-3H,4-6,14H2,(H2,15,16);1H. The molecule has 0 saturated carbocycles. The Kier molecular flexibility index (Phi) is 4.78. The number of ether oxygens (including phenoxy) is 1. The zero-order valence-corrected chi connectivity index (χ0v) is 11.1. The second kappa shape index (κ2) is 5.73. The Morgan fingerprint density at radius 3 is 2.67 bits per heavy atom. The average molecular weight is 294 g/mol. The van der Waals surface area contributed by atoms with E-state index < -0.39 is 12.2 Å². The van der Waals surface area contributed by atoms with Gasteiger partial charge in [-0.05, 0) is 23.8 Å². The van der Waals surface area contributed by atoms with Crippen LogP contribution in [-0.4, -0.2) is 25.7 Å². The minimum atomic E-state index is -1.12. The van der Waals surface area contributed by atoms with E-state index in [9.17, 15) is 4.39 Å². The van der Waals surface area contributed by atoms with Crippen molar-refractivity contribution in [1.82, 2.24) is 0 Å². The summed E-state index contributed by atoms with van der Waals surface area (Å²) in [5, 5.41) is 0.437. The van der Waals surface area contributed by atoms with Crippen LogP contribution in [0.2, 0.25) is 5.02 Å². The molecule has 2 rings (SSSR count). The first-order valence-corrected chi connectivity index (χ1v) is 5.48. The quantitative estimate of drug-likeness (QED) is 0.818. The van der Waals surface area contributed by atoms with Gasteiger partial charge in [-0.15, -0.1) is 12.4 Å².